The van der Waals surface area contributed by atoms with E-state index in [1.54, 1.807) is 6.92 Å². The van der Waals surface area contributed by atoms with Crippen LogP contribution in [0.15, 0.2) is 0 Å². The lowest BCUT2D eigenvalue weighted by molar-refractivity contribution is -0.307. The monoisotopic (exact) mass is 136 g/mol. The van der Waals surface area contributed by atoms with Crippen molar-refractivity contribution in [3.8, 4) is 0 Å². The molecular formula is C5H12O4. The van der Waals surface area contributed by atoms with Crippen LogP contribution in [0, 0.1) is 0 Å². The number of aliphatic hydroxyl groups excluding tert-OH is 1. The van der Waals surface area contributed by atoms with Gasteiger partial charge in [0.05, 0.1) is 0 Å². The molecule has 0 aliphatic rings. The van der Waals surface area contributed by atoms with E-state index in [4.69, 9.17) is 5.11 Å². The Labute approximate surface area is 54.3 Å². The maximum atomic E-state index is 8.64. The van der Waals surface area contributed by atoms with Crippen molar-refractivity contribution in [1.29, 1.82) is 0 Å². The fourth-order valence-corrected chi connectivity index (χ4v) is 0.275. The van der Waals surface area contributed by atoms with Crippen LogP contribution in [0.5, 0.6) is 0 Å². The van der Waals surface area contributed by atoms with Crippen molar-refractivity contribution >= 4 is 0 Å². The Bertz CT molecular complexity index is 58.0. The van der Waals surface area contributed by atoms with Gasteiger partial charge in [-0.1, -0.05) is 0 Å². The van der Waals surface area contributed by atoms with Crippen molar-refractivity contribution in [1.82, 2.24) is 0 Å². The van der Waals surface area contributed by atoms with Gasteiger partial charge in [-0.3, -0.25) is 0 Å². The van der Waals surface area contributed by atoms with Crippen molar-refractivity contribution in [2.75, 3.05) is 14.2 Å². The number of hydrogen-bond donors (Lipinski definition) is 1. The zero-order valence-electron chi connectivity index (χ0n) is 5.83. The van der Waals surface area contributed by atoms with Crippen molar-refractivity contribution in [2.45, 2.75) is 19.7 Å². The number of aliphatic hydroxyl groups is 1. The molecule has 2 atom stereocenters. The molecule has 0 aliphatic heterocycles. The van der Waals surface area contributed by atoms with Crippen molar-refractivity contribution < 1.29 is 19.3 Å². The number of rotatable bonds is 4. The Balaban J connectivity index is 3.22. The first-order chi connectivity index (χ1) is 4.20. The second kappa shape index (κ2) is 4.69. The Morgan fingerprint density at radius 2 is 1.78 bits per heavy atom. The molecule has 0 aromatic heterocycles. The number of ether oxygens (including phenoxy) is 3. The molecule has 0 aliphatic carbocycles. The predicted octanol–water partition coefficient (Wildman–Crippen LogP) is -0.0823. The van der Waals surface area contributed by atoms with Gasteiger partial charge in [-0.2, -0.15) is 0 Å². The van der Waals surface area contributed by atoms with Gasteiger partial charge in [-0.15, -0.1) is 0 Å². The minimum absolute atomic E-state index is 0.444. The van der Waals surface area contributed by atoms with Crippen LogP contribution >= 0.6 is 0 Å². The molecule has 0 saturated carbocycles. The Hall–Kier alpha value is -0.160. The Kier molecular flexibility index (Phi) is 4.61. The Morgan fingerprint density at radius 1 is 1.22 bits per heavy atom. The van der Waals surface area contributed by atoms with Crippen LogP contribution < -0.4 is 0 Å². The average Bonchev–Trinajstić information content (AvgIpc) is 1.87. The molecule has 0 spiro atoms. The first-order valence-corrected chi connectivity index (χ1v) is 2.59. The largest absolute Gasteiger partial charge is 0.356 e. The molecule has 1 N–H and O–H groups in total. The second-order valence-corrected chi connectivity index (χ2v) is 1.48. The van der Waals surface area contributed by atoms with Gasteiger partial charge in [0.15, 0.2) is 6.29 Å². The highest BCUT2D eigenvalue weighted by molar-refractivity contribution is 4.24. The molecule has 9 heavy (non-hydrogen) atoms. The van der Waals surface area contributed by atoms with E-state index in [0.29, 0.717) is 0 Å². The molecule has 0 rings (SSSR count). The summed E-state index contributed by atoms with van der Waals surface area (Å²) in [5.74, 6) is 0. The van der Waals surface area contributed by atoms with Crippen molar-refractivity contribution in [3.63, 3.8) is 0 Å². The van der Waals surface area contributed by atoms with Gasteiger partial charge >= 0.3 is 0 Å². The standard InChI is InChI=1S/C5H12O4/c1-4(7-2)9-5(6)8-3/h4-6H,1-3H3. The molecule has 0 bridgehead atoms. The molecule has 0 heterocycles. The third-order valence-corrected chi connectivity index (χ3v) is 0.842. The first kappa shape index (κ1) is 8.84. The summed E-state index contributed by atoms with van der Waals surface area (Å²) in [6.45, 7) is 0.461. The summed E-state index contributed by atoms with van der Waals surface area (Å²) in [4.78, 5) is 0. The molecule has 0 aromatic rings. The summed E-state index contributed by atoms with van der Waals surface area (Å²) in [5, 5.41) is 8.64. The zero-order valence-corrected chi connectivity index (χ0v) is 5.83. The quantitative estimate of drug-likeness (QED) is 0.549. The van der Waals surface area contributed by atoms with E-state index in [1.165, 1.54) is 14.2 Å². The molecular weight excluding hydrogens is 124 g/mol. The summed E-state index contributed by atoms with van der Waals surface area (Å²) < 4.78 is 13.7. The topological polar surface area (TPSA) is 47.9 Å². The summed E-state index contributed by atoms with van der Waals surface area (Å²) in [6, 6.07) is 0. The third kappa shape index (κ3) is 4.35. The molecule has 4 heteroatoms. The molecule has 56 valence electrons. The van der Waals surface area contributed by atoms with E-state index in [2.05, 4.69) is 14.2 Å². The van der Waals surface area contributed by atoms with Crippen LogP contribution in [-0.4, -0.2) is 32.1 Å². The van der Waals surface area contributed by atoms with E-state index >= 15 is 0 Å². The van der Waals surface area contributed by atoms with Gasteiger partial charge in [0, 0.05) is 14.2 Å². The molecule has 0 amide bonds. The number of hydrogen-bond acceptors (Lipinski definition) is 4. The van der Waals surface area contributed by atoms with Gasteiger partial charge in [0.2, 0.25) is 0 Å². The summed E-state index contributed by atoms with van der Waals surface area (Å²) in [7, 11) is 2.82. The van der Waals surface area contributed by atoms with E-state index in [0.717, 1.165) is 0 Å². The highest BCUT2D eigenvalue weighted by Gasteiger charge is 2.05. The molecule has 2 unspecified atom stereocenters. The SMILES string of the molecule is COC(C)OC(O)OC. The molecule has 0 saturated heterocycles. The maximum Gasteiger partial charge on any atom is 0.271 e. The third-order valence-electron chi connectivity index (χ3n) is 0.842. The van der Waals surface area contributed by atoms with Gasteiger partial charge in [-0.25, -0.2) is 0 Å². The molecule has 0 fully saturated rings. The highest BCUT2D eigenvalue weighted by Crippen LogP contribution is 1.95. The Morgan fingerprint density at radius 3 is 2.11 bits per heavy atom. The van der Waals surface area contributed by atoms with Gasteiger partial charge < -0.3 is 19.3 Å². The predicted molar refractivity (Wildman–Crippen MR) is 30.6 cm³/mol. The average molecular weight is 136 g/mol. The maximum absolute atomic E-state index is 8.64. The van der Waals surface area contributed by atoms with Crippen LogP contribution in [0.25, 0.3) is 0 Å². The summed E-state index contributed by atoms with van der Waals surface area (Å²) >= 11 is 0. The van der Waals surface area contributed by atoms with E-state index in [1.807, 2.05) is 0 Å². The van der Waals surface area contributed by atoms with Gasteiger partial charge in [0.1, 0.15) is 0 Å². The smallest absolute Gasteiger partial charge is 0.271 e. The first-order valence-electron chi connectivity index (χ1n) is 2.59. The van der Waals surface area contributed by atoms with E-state index in [9.17, 15) is 0 Å². The summed E-state index contributed by atoms with van der Waals surface area (Å²) in [6.07, 6.45) is -0.444. The zero-order chi connectivity index (χ0) is 7.28. The molecule has 0 radical (unpaired) electrons. The van der Waals surface area contributed by atoms with Crippen LogP contribution in [-0.2, 0) is 14.2 Å². The second-order valence-electron chi connectivity index (χ2n) is 1.48. The van der Waals surface area contributed by atoms with Crippen molar-refractivity contribution in [3.05, 3.63) is 0 Å². The van der Waals surface area contributed by atoms with Crippen LogP contribution in [0.3, 0.4) is 0 Å². The lowest BCUT2D eigenvalue weighted by Crippen LogP contribution is -2.21. The van der Waals surface area contributed by atoms with Crippen LogP contribution in [0.1, 0.15) is 6.92 Å². The van der Waals surface area contributed by atoms with Crippen molar-refractivity contribution in [2.24, 2.45) is 0 Å². The molecule has 4 nitrogen and oxygen atoms in total. The highest BCUT2D eigenvalue weighted by atomic mass is 16.8. The van der Waals surface area contributed by atoms with Gasteiger partial charge in [-0.05, 0) is 6.92 Å². The normalized spacial score (nSPS) is 17.3. The summed E-state index contributed by atoms with van der Waals surface area (Å²) in [5.41, 5.74) is 0. The number of methoxy groups -OCH3 is 2. The lowest BCUT2D eigenvalue weighted by atomic mass is 10.7. The fraction of sp³-hybridized carbons (Fsp3) is 1.00. The fourth-order valence-electron chi connectivity index (χ4n) is 0.275. The van der Waals surface area contributed by atoms with E-state index < -0.39 is 12.8 Å². The minimum atomic E-state index is -1.19. The van der Waals surface area contributed by atoms with E-state index in [-0.39, 0.29) is 0 Å². The van der Waals surface area contributed by atoms with Crippen LogP contribution in [0.2, 0.25) is 0 Å². The van der Waals surface area contributed by atoms with Gasteiger partial charge in [0.25, 0.3) is 6.48 Å². The molecule has 0 aromatic carbocycles. The lowest BCUT2D eigenvalue weighted by Gasteiger charge is -2.14. The van der Waals surface area contributed by atoms with Crippen LogP contribution in [0.4, 0.5) is 0 Å². The minimum Gasteiger partial charge on any atom is -0.356 e.